The molecule has 0 amide bonds. The van der Waals surface area contributed by atoms with Gasteiger partial charge in [0.25, 0.3) is 0 Å². The first-order valence-corrected chi connectivity index (χ1v) is 7.19. The maximum Gasteiger partial charge on any atom is 0.313 e. The molecule has 5 heteroatoms. The molecule has 0 spiro atoms. The molecule has 0 aromatic heterocycles. The first-order chi connectivity index (χ1) is 9.16. The number of likely N-dealkylation sites (tertiary alicyclic amines) is 1. The van der Waals surface area contributed by atoms with Crippen molar-refractivity contribution in [2.24, 2.45) is 11.3 Å². The highest BCUT2D eigenvalue weighted by Crippen LogP contribution is 2.31. The number of piperidine rings is 1. The van der Waals surface area contributed by atoms with Gasteiger partial charge < -0.3 is 19.5 Å². The summed E-state index contributed by atoms with van der Waals surface area (Å²) in [6.07, 6.45) is 3.79. The Labute approximate surface area is 114 Å². The van der Waals surface area contributed by atoms with E-state index in [1.807, 2.05) is 0 Å². The van der Waals surface area contributed by atoms with Crippen LogP contribution in [0.1, 0.15) is 25.7 Å². The molecular formula is C14H25NO4. The normalized spacial score (nSPS) is 30.4. The Balaban J connectivity index is 1.87. The van der Waals surface area contributed by atoms with Gasteiger partial charge in [-0.25, -0.2) is 0 Å². The molecule has 0 bridgehead atoms. The van der Waals surface area contributed by atoms with E-state index in [4.69, 9.17) is 9.47 Å². The van der Waals surface area contributed by atoms with Crippen LogP contribution in [0.5, 0.6) is 0 Å². The largest absolute Gasteiger partial charge is 0.481 e. The van der Waals surface area contributed by atoms with Crippen molar-refractivity contribution >= 4 is 5.97 Å². The van der Waals surface area contributed by atoms with Gasteiger partial charge in [0.2, 0.25) is 0 Å². The molecule has 0 radical (unpaired) electrons. The molecule has 19 heavy (non-hydrogen) atoms. The molecule has 2 saturated heterocycles. The molecule has 2 rings (SSSR count). The van der Waals surface area contributed by atoms with Gasteiger partial charge in [0, 0.05) is 26.9 Å². The van der Waals surface area contributed by atoms with E-state index in [9.17, 15) is 9.90 Å². The van der Waals surface area contributed by atoms with Crippen LogP contribution < -0.4 is 0 Å². The second kappa shape index (κ2) is 6.68. The molecule has 2 fully saturated rings. The van der Waals surface area contributed by atoms with Crippen molar-refractivity contribution in [2.45, 2.75) is 25.7 Å². The molecular weight excluding hydrogens is 246 g/mol. The zero-order chi connectivity index (χ0) is 13.7. The van der Waals surface area contributed by atoms with Crippen LogP contribution in [0.2, 0.25) is 0 Å². The van der Waals surface area contributed by atoms with E-state index in [1.165, 1.54) is 0 Å². The number of ether oxygens (including phenoxy) is 2. The summed E-state index contributed by atoms with van der Waals surface area (Å²) in [6, 6.07) is 0. The number of nitrogens with zero attached hydrogens (tertiary/aromatic N) is 1. The Morgan fingerprint density at radius 1 is 1.47 bits per heavy atom. The van der Waals surface area contributed by atoms with Gasteiger partial charge in [-0.15, -0.1) is 0 Å². The van der Waals surface area contributed by atoms with Crippen LogP contribution in [0.25, 0.3) is 0 Å². The molecule has 2 aliphatic rings. The predicted molar refractivity (Wildman–Crippen MR) is 71.2 cm³/mol. The second-order valence-electron chi connectivity index (χ2n) is 5.92. The molecule has 1 atom stereocenters. The smallest absolute Gasteiger partial charge is 0.313 e. The van der Waals surface area contributed by atoms with Crippen molar-refractivity contribution in [3.05, 3.63) is 0 Å². The highest BCUT2D eigenvalue weighted by atomic mass is 16.5. The molecule has 1 unspecified atom stereocenters. The van der Waals surface area contributed by atoms with E-state index in [0.717, 1.165) is 45.4 Å². The highest BCUT2D eigenvalue weighted by molar-refractivity contribution is 5.75. The SMILES string of the molecule is COCC1CCN(CC2(C(=O)O)CCCOC2)CC1. The van der Waals surface area contributed by atoms with E-state index in [1.54, 1.807) is 7.11 Å². The molecule has 0 aromatic rings. The van der Waals surface area contributed by atoms with Gasteiger partial charge in [-0.2, -0.15) is 0 Å². The number of hydrogen-bond acceptors (Lipinski definition) is 4. The molecule has 2 heterocycles. The Bertz CT molecular complexity index is 294. The summed E-state index contributed by atoms with van der Waals surface area (Å²) < 4.78 is 10.6. The lowest BCUT2D eigenvalue weighted by atomic mass is 9.81. The number of hydrogen-bond donors (Lipinski definition) is 1. The van der Waals surface area contributed by atoms with Crippen molar-refractivity contribution < 1.29 is 19.4 Å². The highest BCUT2D eigenvalue weighted by Gasteiger charge is 2.42. The number of methoxy groups -OCH3 is 1. The zero-order valence-electron chi connectivity index (χ0n) is 11.8. The topological polar surface area (TPSA) is 59.0 Å². The molecule has 110 valence electrons. The second-order valence-corrected chi connectivity index (χ2v) is 5.92. The fourth-order valence-corrected chi connectivity index (χ4v) is 3.19. The summed E-state index contributed by atoms with van der Waals surface area (Å²) in [4.78, 5) is 13.9. The minimum Gasteiger partial charge on any atom is -0.481 e. The van der Waals surface area contributed by atoms with Gasteiger partial charge in [-0.3, -0.25) is 4.79 Å². The van der Waals surface area contributed by atoms with Crippen LogP contribution >= 0.6 is 0 Å². The van der Waals surface area contributed by atoms with Gasteiger partial charge >= 0.3 is 5.97 Å². The third kappa shape index (κ3) is 3.68. The zero-order valence-corrected chi connectivity index (χ0v) is 11.8. The maximum absolute atomic E-state index is 11.6. The number of carboxylic acids is 1. The van der Waals surface area contributed by atoms with Gasteiger partial charge in [0.05, 0.1) is 6.61 Å². The summed E-state index contributed by atoms with van der Waals surface area (Å²) in [6.45, 7) is 4.46. The van der Waals surface area contributed by atoms with Crippen LogP contribution in [0.3, 0.4) is 0 Å². The van der Waals surface area contributed by atoms with Crippen LogP contribution in [0.4, 0.5) is 0 Å². The van der Waals surface area contributed by atoms with E-state index >= 15 is 0 Å². The summed E-state index contributed by atoms with van der Waals surface area (Å²) in [5, 5.41) is 9.53. The van der Waals surface area contributed by atoms with Gasteiger partial charge in [-0.05, 0) is 44.7 Å². The van der Waals surface area contributed by atoms with Crippen molar-refractivity contribution in [1.82, 2.24) is 4.90 Å². The third-order valence-electron chi connectivity index (χ3n) is 4.41. The van der Waals surface area contributed by atoms with Gasteiger partial charge in [0.1, 0.15) is 5.41 Å². The summed E-state index contributed by atoms with van der Waals surface area (Å²) in [5.74, 6) is -0.0733. The average Bonchev–Trinajstić information content (AvgIpc) is 2.42. The number of carbonyl (C=O) groups is 1. The lowest BCUT2D eigenvalue weighted by Crippen LogP contribution is -2.50. The van der Waals surface area contributed by atoms with Crippen molar-refractivity contribution in [2.75, 3.05) is 46.6 Å². The first kappa shape index (κ1) is 14.8. The standard InChI is InChI=1S/C14H25NO4/c1-18-9-12-3-6-15(7-4-12)10-14(13(16)17)5-2-8-19-11-14/h12H,2-11H2,1H3,(H,16,17). The lowest BCUT2D eigenvalue weighted by Gasteiger charge is -2.40. The van der Waals surface area contributed by atoms with Gasteiger partial charge in [0.15, 0.2) is 0 Å². The van der Waals surface area contributed by atoms with Crippen LogP contribution in [0, 0.1) is 11.3 Å². The summed E-state index contributed by atoms with van der Waals surface area (Å²) >= 11 is 0. The number of rotatable bonds is 5. The summed E-state index contributed by atoms with van der Waals surface area (Å²) in [5.41, 5.74) is -0.688. The number of aliphatic carboxylic acids is 1. The average molecular weight is 271 g/mol. The lowest BCUT2D eigenvalue weighted by molar-refractivity contribution is -0.159. The molecule has 5 nitrogen and oxygen atoms in total. The molecule has 1 N–H and O–H groups in total. The Morgan fingerprint density at radius 3 is 2.74 bits per heavy atom. The molecule has 0 aliphatic carbocycles. The Hall–Kier alpha value is -0.650. The minimum atomic E-state index is -0.703. The third-order valence-corrected chi connectivity index (χ3v) is 4.41. The Morgan fingerprint density at radius 2 is 2.21 bits per heavy atom. The Kier molecular flexibility index (Phi) is 5.19. The fraction of sp³-hybridized carbons (Fsp3) is 0.929. The van der Waals surface area contributed by atoms with Crippen molar-refractivity contribution in [3.8, 4) is 0 Å². The first-order valence-electron chi connectivity index (χ1n) is 7.19. The molecule has 0 aromatic carbocycles. The molecule has 2 aliphatic heterocycles. The number of carboxylic acid groups (broad SMARTS) is 1. The fourth-order valence-electron chi connectivity index (χ4n) is 3.19. The van der Waals surface area contributed by atoms with Gasteiger partial charge in [-0.1, -0.05) is 0 Å². The van der Waals surface area contributed by atoms with Crippen LogP contribution in [-0.2, 0) is 14.3 Å². The van der Waals surface area contributed by atoms with Crippen LogP contribution in [-0.4, -0.2) is 62.5 Å². The van der Waals surface area contributed by atoms with Crippen LogP contribution in [0.15, 0.2) is 0 Å². The van der Waals surface area contributed by atoms with E-state index in [0.29, 0.717) is 25.7 Å². The molecule has 0 saturated carbocycles. The minimum absolute atomic E-state index is 0.361. The predicted octanol–water partition coefficient (Wildman–Crippen LogP) is 1.23. The monoisotopic (exact) mass is 271 g/mol. The quantitative estimate of drug-likeness (QED) is 0.815. The van der Waals surface area contributed by atoms with Crippen molar-refractivity contribution in [1.29, 1.82) is 0 Å². The van der Waals surface area contributed by atoms with E-state index in [2.05, 4.69) is 4.90 Å². The van der Waals surface area contributed by atoms with E-state index in [-0.39, 0.29) is 0 Å². The van der Waals surface area contributed by atoms with Crippen molar-refractivity contribution in [3.63, 3.8) is 0 Å². The maximum atomic E-state index is 11.6. The summed E-state index contributed by atoms with van der Waals surface area (Å²) in [7, 11) is 1.74. The van der Waals surface area contributed by atoms with E-state index < -0.39 is 11.4 Å².